The molecule has 0 radical (unpaired) electrons. The molecule has 0 fully saturated rings. The molecule has 0 spiro atoms. The van der Waals surface area contributed by atoms with Gasteiger partial charge >= 0.3 is 5.97 Å². The topological polar surface area (TPSA) is 88.4 Å². The molecule has 7 heteroatoms. The largest absolute Gasteiger partial charge is 0.490 e. The van der Waals surface area contributed by atoms with Crippen molar-refractivity contribution < 1.29 is 23.5 Å². The Hall–Kier alpha value is -4.96. The zero-order valence-electron chi connectivity index (χ0n) is 19.3. The van der Waals surface area contributed by atoms with Crippen LogP contribution in [0.2, 0.25) is 0 Å². The molecule has 0 bridgehead atoms. The highest BCUT2D eigenvalue weighted by atomic mass is 19.1. The lowest BCUT2D eigenvalue weighted by molar-refractivity contribution is -0.112. The molecule has 0 heterocycles. The minimum absolute atomic E-state index is 0.165. The summed E-state index contributed by atoms with van der Waals surface area (Å²) < 4.78 is 24.4. The van der Waals surface area contributed by atoms with E-state index in [1.54, 1.807) is 37.3 Å². The van der Waals surface area contributed by atoms with E-state index in [9.17, 15) is 19.2 Å². The number of hydrogen-bond donors (Lipinski definition) is 1. The molecule has 178 valence electrons. The highest BCUT2D eigenvalue weighted by Crippen LogP contribution is 2.31. The van der Waals surface area contributed by atoms with Crippen molar-refractivity contribution in [2.45, 2.75) is 6.92 Å². The minimum Gasteiger partial charge on any atom is -0.490 e. The molecule has 0 aliphatic carbocycles. The monoisotopic (exact) mass is 480 g/mol. The van der Waals surface area contributed by atoms with Gasteiger partial charge in [0.1, 0.15) is 17.5 Å². The molecule has 0 saturated carbocycles. The second-order valence-electron chi connectivity index (χ2n) is 7.69. The average molecular weight is 480 g/mol. The number of halogens is 1. The Morgan fingerprint density at radius 1 is 0.972 bits per heavy atom. The maximum absolute atomic E-state index is 13.1. The Labute approximate surface area is 207 Å². The third kappa shape index (κ3) is 5.57. The summed E-state index contributed by atoms with van der Waals surface area (Å²) in [4.78, 5) is 25.5. The quantitative estimate of drug-likeness (QED) is 0.149. The number of nitriles is 1. The van der Waals surface area contributed by atoms with E-state index in [2.05, 4.69) is 5.32 Å². The molecule has 4 aromatic carbocycles. The van der Waals surface area contributed by atoms with Crippen molar-refractivity contribution in [3.8, 4) is 17.6 Å². The van der Waals surface area contributed by atoms with Crippen LogP contribution in [0.15, 0.2) is 90.5 Å². The van der Waals surface area contributed by atoms with Crippen LogP contribution in [0.5, 0.6) is 11.5 Å². The highest BCUT2D eigenvalue weighted by molar-refractivity contribution is 6.09. The second kappa shape index (κ2) is 11.0. The highest BCUT2D eigenvalue weighted by Gasteiger charge is 2.16. The Bertz CT molecular complexity index is 1500. The van der Waals surface area contributed by atoms with E-state index in [1.807, 2.05) is 36.4 Å². The number of hydrogen-bond acceptors (Lipinski definition) is 5. The van der Waals surface area contributed by atoms with Crippen molar-refractivity contribution >= 4 is 34.4 Å². The maximum Gasteiger partial charge on any atom is 0.344 e. The number of carbonyl (C=O) groups is 2. The first kappa shape index (κ1) is 24.2. The number of nitrogens with zero attached hydrogens (tertiary/aromatic N) is 1. The SMILES string of the molecule is CCOc1cc(/C=C(/C#N)C(=O)Nc2ccc(F)cc2)ccc1OC(=O)c1cccc2ccccc12. The normalized spacial score (nSPS) is 11.0. The number of fused-ring (bicyclic) bond motifs is 1. The zero-order chi connectivity index (χ0) is 25.5. The molecule has 4 rings (SSSR count). The third-order valence-corrected chi connectivity index (χ3v) is 5.26. The average Bonchev–Trinajstić information content (AvgIpc) is 2.89. The van der Waals surface area contributed by atoms with Gasteiger partial charge in [-0.3, -0.25) is 4.79 Å². The van der Waals surface area contributed by atoms with Crippen LogP contribution in [-0.2, 0) is 4.79 Å². The van der Waals surface area contributed by atoms with Crippen molar-refractivity contribution in [1.82, 2.24) is 0 Å². The molecule has 4 aromatic rings. The first-order chi connectivity index (χ1) is 17.5. The molecule has 1 N–H and O–H groups in total. The van der Waals surface area contributed by atoms with Gasteiger partial charge < -0.3 is 14.8 Å². The Morgan fingerprint density at radius 2 is 1.72 bits per heavy atom. The van der Waals surface area contributed by atoms with E-state index < -0.39 is 17.7 Å². The molecule has 0 aromatic heterocycles. The lowest BCUT2D eigenvalue weighted by atomic mass is 10.0. The van der Waals surface area contributed by atoms with Crippen molar-refractivity contribution in [3.05, 3.63) is 107 Å². The van der Waals surface area contributed by atoms with Gasteiger partial charge in [0.05, 0.1) is 12.2 Å². The van der Waals surface area contributed by atoms with Gasteiger partial charge in [0.15, 0.2) is 11.5 Å². The second-order valence-corrected chi connectivity index (χ2v) is 7.69. The lowest BCUT2D eigenvalue weighted by Gasteiger charge is -2.12. The number of nitrogens with one attached hydrogen (secondary N) is 1. The maximum atomic E-state index is 13.1. The van der Waals surface area contributed by atoms with Crippen LogP contribution in [0.4, 0.5) is 10.1 Å². The van der Waals surface area contributed by atoms with E-state index >= 15 is 0 Å². The summed E-state index contributed by atoms with van der Waals surface area (Å²) in [6, 6.07) is 24.7. The number of esters is 1. The van der Waals surface area contributed by atoms with Gasteiger partial charge in [0.25, 0.3) is 5.91 Å². The van der Waals surface area contributed by atoms with Gasteiger partial charge in [0.2, 0.25) is 0 Å². The van der Waals surface area contributed by atoms with Crippen molar-refractivity contribution in [3.63, 3.8) is 0 Å². The van der Waals surface area contributed by atoms with Gasteiger partial charge in [-0.1, -0.05) is 42.5 Å². The first-order valence-corrected chi connectivity index (χ1v) is 11.1. The molecule has 0 atom stereocenters. The van der Waals surface area contributed by atoms with Gasteiger partial charge in [-0.05, 0) is 71.8 Å². The summed E-state index contributed by atoms with van der Waals surface area (Å²) in [5.74, 6) is -1.12. The zero-order valence-corrected chi connectivity index (χ0v) is 19.3. The molecule has 6 nitrogen and oxygen atoms in total. The summed E-state index contributed by atoms with van der Waals surface area (Å²) in [5.41, 5.74) is 1.11. The molecule has 0 aliphatic rings. The summed E-state index contributed by atoms with van der Waals surface area (Å²) in [6.45, 7) is 2.10. The van der Waals surface area contributed by atoms with Gasteiger partial charge in [0, 0.05) is 5.69 Å². The van der Waals surface area contributed by atoms with Crippen LogP contribution in [-0.4, -0.2) is 18.5 Å². The fraction of sp³-hybridized carbons (Fsp3) is 0.0690. The number of benzene rings is 4. The molecule has 1 amide bonds. The van der Waals surface area contributed by atoms with E-state index in [4.69, 9.17) is 9.47 Å². The fourth-order valence-corrected chi connectivity index (χ4v) is 3.57. The number of anilines is 1. The van der Waals surface area contributed by atoms with Crippen LogP contribution in [0.25, 0.3) is 16.8 Å². The number of ether oxygens (including phenoxy) is 2. The molecule has 0 saturated heterocycles. The summed E-state index contributed by atoms with van der Waals surface area (Å²) in [5, 5.41) is 13.7. The summed E-state index contributed by atoms with van der Waals surface area (Å²) in [7, 11) is 0. The van der Waals surface area contributed by atoms with Crippen LogP contribution < -0.4 is 14.8 Å². The van der Waals surface area contributed by atoms with E-state index in [1.165, 1.54) is 30.3 Å². The number of amides is 1. The third-order valence-electron chi connectivity index (χ3n) is 5.26. The van der Waals surface area contributed by atoms with E-state index in [0.717, 1.165) is 10.8 Å². The molecular formula is C29H21FN2O4. The van der Waals surface area contributed by atoms with Crippen molar-refractivity contribution in [2.75, 3.05) is 11.9 Å². The van der Waals surface area contributed by atoms with Crippen LogP contribution in [0.1, 0.15) is 22.8 Å². The van der Waals surface area contributed by atoms with Crippen molar-refractivity contribution in [2.24, 2.45) is 0 Å². The van der Waals surface area contributed by atoms with Crippen LogP contribution >= 0.6 is 0 Å². The van der Waals surface area contributed by atoms with Gasteiger partial charge in [-0.15, -0.1) is 0 Å². The van der Waals surface area contributed by atoms with Crippen LogP contribution in [0, 0.1) is 17.1 Å². The van der Waals surface area contributed by atoms with E-state index in [0.29, 0.717) is 23.4 Å². The molecule has 36 heavy (non-hydrogen) atoms. The Kier molecular flexibility index (Phi) is 7.37. The Balaban J connectivity index is 1.58. The predicted octanol–water partition coefficient (Wildman–Crippen LogP) is 6.14. The number of rotatable bonds is 7. The smallest absolute Gasteiger partial charge is 0.344 e. The fourth-order valence-electron chi connectivity index (χ4n) is 3.57. The van der Waals surface area contributed by atoms with Crippen LogP contribution in [0.3, 0.4) is 0 Å². The summed E-state index contributed by atoms with van der Waals surface area (Å²) >= 11 is 0. The predicted molar refractivity (Wildman–Crippen MR) is 135 cm³/mol. The van der Waals surface area contributed by atoms with E-state index in [-0.39, 0.29) is 17.1 Å². The molecule has 0 aliphatic heterocycles. The summed E-state index contributed by atoms with van der Waals surface area (Å²) in [6.07, 6.45) is 1.39. The molecule has 0 unspecified atom stereocenters. The lowest BCUT2D eigenvalue weighted by Crippen LogP contribution is -2.13. The first-order valence-electron chi connectivity index (χ1n) is 11.1. The van der Waals surface area contributed by atoms with Crippen molar-refractivity contribution in [1.29, 1.82) is 5.26 Å². The van der Waals surface area contributed by atoms with Gasteiger partial charge in [-0.2, -0.15) is 5.26 Å². The standard InChI is InChI=1S/C29H21FN2O4/c1-2-35-27-17-19(16-21(18-31)28(33)32-23-13-11-22(30)12-14-23)10-15-26(27)36-29(34)25-9-5-7-20-6-3-4-8-24(20)25/h3-17H,2H2,1H3,(H,32,33)/b21-16-. The van der Waals surface area contributed by atoms with Gasteiger partial charge in [-0.25, -0.2) is 9.18 Å². The Morgan fingerprint density at radius 3 is 2.47 bits per heavy atom. The molecular weight excluding hydrogens is 459 g/mol. The minimum atomic E-state index is -0.645. The number of carbonyl (C=O) groups excluding carboxylic acids is 2.